The van der Waals surface area contributed by atoms with Gasteiger partial charge in [-0.1, -0.05) is 6.07 Å². The van der Waals surface area contributed by atoms with Crippen molar-refractivity contribution in [1.29, 1.82) is 5.26 Å². The lowest BCUT2D eigenvalue weighted by atomic mass is 10.0. The van der Waals surface area contributed by atoms with Crippen LogP contribution < -0.4 is 10.5 Å². The Morgan fingerprint density at radius 2 is 2.03 bits per heavy atom. The molecule has 8 heteroatoms. The number of rotatable bonds is 8. The summed E-state index contributed by atoms with van der Waals surface area (Å²) in [5.74, 6) is -1.21. The van der Waals surface area contributed by atoms with E-state index in [9.17, 15) is 13.6 Å². The molecule has 0 aliphatic heterocycles. The number of pyridine rings is 1. The summed E-state index contributed by atoms with van der Waals surface area (Å²) < 4.78 is 35.1. The van der Waals surface area contributed by atoms with E-state index in [1.807, 2.05) is 13.0 Å². The normalized spacial score (nSPS) is 12.0. The van der Waals surface area contributed by atoms with E-state index >= 15 is 0 Å². The molecule has 30 heavy (non-hydrogen) atoms. The third kappa shape index (κ3) is 4.47. The number of ether oxygens (including phenoxy) is 1. The van der Waals surface area contributed by atoms with Crippen LogP contribution in [-0.2, 0) is 6.61 Å². The Balaban J connectivity index is 1.90. The number of ketones is 1. The first-order valence-corrected chi connectivity index (χ1v) is 9.52. The van der Waals surface area contributed by atoms with E-state index in [0.717, 1.165) is 5.56 Å². The van der Waals surface area contributed by atoms with Gasteiger partial charge in [-0.3, -0.25) is 9.20 Å². The zero-order chi connectivity index (χ0) is 21.8. The summed E-state index contributed by atoms with van der Waals surface area (Å²) in [4.78, 5) is 17.2. The summed E-state index contributed by atoms with van der Waals surface area (Å²) in [5.41, 5.74) is 7.75. The molecule has 0 fully saturated rings. The molecule has 0 aliphatic carbocycles. The highest BCUT2D eigenvalue weighted by atomic mass is 19.1. The molecule has 0 radical (unpaired) electrons. The van der Waals surface area contributed by atoms with Gasteiger partial charge in [0.2, 0.25) is 0 Å². The van der Waals surface area contributed by atoms with Crippen LogP contribution >= 0.6 is 0 Å². The monoisotopic (exact) mass is 412 g/mol. The number of nitriles is 1. The maximum atomic E-state index is 13.9. The number of aromatic nitrogens is 2. The number of carbonyl (C=O) groups excluding carboxylic acids is 1. The van der Waals surface area contributed by atoms with E-state index in [1.165, 1.54) is 18.2 Å². The molecule has 3 rings (SSSR count). The first kappa shape index (κ1) is 21.4. The van der Waals surface area contributed by atoms with Gasteiger partial charge in [0.1, 0.15) is 23.9 Å². The lowest BCUT2D eigenvalue weighted by Gasteiger charge is -2.11. The van der Waals surface area contributed by atoms with Crippen molar-refractivity contribution in [3.63, 3.8) is 0 Å². The quantitative estimate of drug-likeness (QED) is 0.564. The summed E-state index contributed by atoms with van der Waals surface area (Å²) in [6.07, 6.45) is 2.51. The molecule has 1 aromatic carbocycles. The maximum Gasteiger partial charge on any atom is 0.181 e. The molecule has 1 atom stereocenters. The zero-order valence-corrected chi connectivity index (χ0v) is 16.8. The van der Waals surface area contributed by atoms with Crippen molar-refractivity contribution in [3.05, 3.63) is 64.6 Å². The SMILES string of the molecule is Cc1cc(OCc2c(F)cccc2F)c2nc(C)c(C(=O)CCC(N)CC#N)n2c1. The summed E-state index contributed by atoms with van der Waals surface area (Å²) in [5, 5.41) is 8.71. The first-order valence-electron chi connectivity index (χ1n) is 9.52. The summed E-state index contributed by atoms with van der Waals surface area (Å²) >= 11 is 0. The molecule has 0 aliphatic rings. The van der Waals surface area contributed by atoms with Gasteiger partial charge in [-0.2, -0.15) is 5.26 Å². The van der Waals surface area contributed by atoms with Gasteiger partial charge in [0.15, 0.2) is 17.2 Å². The smallest absolute Gasteiger partial charge is 0.181 e. The van der Waals surface area contributed by atoms with E-state index in [-0.39, 0.29) is 36.8 Å². The standard InChI is InChI=1S/C22H22F2N4O2/c1-13-10-20(30-12-16-17(23)4-3-5-18(16)24)22-27-14(2)21(28(22)11-13)19(29)7-6-15(26)8-9-25/h3-5,10-11,15H,6-8,12,26H2,1-2H3. The van der Waals surface area contributed by atoms with Crippen LogP contribution in [0.25, 0.3) is 5.65 Å². The van der Waals surface area contributed by atoms with Crippen LogP contribution in [0.1, 0.15) is 46.6 Å². The van der Waals surface area contributed by atoms with E-state index < -0.39 is 11.6 Å². The third-order valence-electron chi connectivity index (χ3n) is 4.79. The van der Waals surface area contributed by atoms with Crippen molar-refractivity contribution in [1.82, 2.24) is 9.38 Å². The van der Waals surface area contributed by atoms with Gasteiger partial charge in [0.05, 0.1) is 23.7 Å². The minimum atomic E-state index is -0.692. The minimum absolute atomic E-state index is 0.148. The topological polar surface area (TPSA) is 93.4 Å². The van der Waals surface area contributed by atoms with Gasteiger partial charge in [-0.15, -0.1) is 0 Å². The van der Waals surface area contributed by atoms with E-state index in [4.69, 9.17) is 15.7 Å². The van der Waals surface area contributed by atoms with E-state index in [0.29, 0.717) is 29.2 Å². The fraction of sp³-hybridized carbons (Fsp3) is 0.318. The molecule has 2 aromatic heterocycles. The van der Waals surface area contributed by atoms with Crippen molar-refractivity contribution in [3.8, 4) is 11.8 Å². The molecule has 0 saturated carbocycles. The van der Waals surface area contributed by atoms with Crippen LogP contribution in [0.5, 0.6) is 5.75 Å². The van der Waals surface area contributed by atoms with Crippen molar-refractivity contribution in [2.24, 2.45) is 5.73 Å². The number of benzene rings is 1. The van der Waals surface area contributed by atoms with Crippen LogP contribution in [0.15, 0.2) is 30.5 Å². The van der Waals surface area contributed by atoms with Gasteiger partial charge < -0.3 is 10.5 Å². The second kappa shape index (κ2) is 9.01. The average molecular weight is 412 g/mol. The van der Waals surface area contributed by atoms with E-state index in [1.54, 1.807) is 23.6 Å². The summed E-state index contributed by atoms with van der Waals surface area (Å²) in [6.45, 7) is 3.23. The number of imidazole rings is 1. The number of halogens is 2. The zero-order valence-electron chi connectivity index (χ0n) is 16.8. The molecule has 2 N–H and O–H groups in total. The number of aryl methyl sites for hydroxylation is 2. The average Bonchev–Trinajstić information content (AvgIpc) is 3.01. The molecule has 2 heterocycles. The Morgan fingerprint density at radius 1 is 1.33 bits per heavy atom. The van der Waals surface area contributed by atoms with Crippen molar-refractivity contribution in [2.45, 2.75) is 45.8 Å². The molecular formula is C22H22F2N4O2. The lowest BCUT2D eigenvalue weighted by Crippen LogP contribution is -2.20. The molecule has 0 amide bonds. The molecule has 3 aromatic rings. The second-order valence-electron chi connectivity index (χ2n) is 7.19. The molecule has 6 nitrogen and oxygen atoms in total. The number of nitrogens with zero attached hydrogens (tertiary/aromatic N) is 3. The highest BCUT2D eigenvalue weighted by Crippen LogP contribution is 2.26. The van der Waals surface area contributed by atoms with Crippen LogP contribution in [0.4, 0.5) is 8.78 Å². The minimum Gasteiger partial charge on any atom is -0.485 e. The highest BCUT2D eigenvalue weighted by molar-refractivity contribution is 5.96. The molecular weight excluding hydrogens is 390 g/mol. The highest BCUT2D eigenvalue weighted by Gasteiger charge is 2.20. The van der Waals surface area contributed by atoms with Gasteiger partial charge in [-0.25, -0.2) is 13.8 Å². The Labute approximate surface area is 172 Å². The molecule has 156 valence electrons. The predicted octanol–water partition coefficient (Wildman–Crippen LogP) is 4.01. The van der Waals surface area contributed by atoms with Crippen molar-refractivity contribution >= 4 is 11.4 Å². The number of Topliss-reactive ketones (excluding diaryl/α,β-unsaturated/α-hetero) is 1. The number of fused-ring (bicyclic) bond motifs is 1. The lowest BCUT2D eigenvalue weighted by molar-refractivity contribution is 0.0971. The largest absolute Gasteiger partial charge is 0.485 e. The molecule has 0 saturated heterocycles. The molecule has 0 spiro atoms. The van der Waals surface area contributed by atoms with Crippen LogP contribution in [0, 0.1) is 36.8 Å². The van der Waals surface area contributed by atoms with Gasteiger partial charge in [0.25, 0.3) is 0 Å². The van der Waals surface area contributed by atoms with Gasteiger partial charge in [0, 0.05) is 18.7 Å². The van der Waals surface area contributed by atoms with Crippen molar-refractivity contribution in [2.75, 3.05) is 0 Å². The summed E-state index contributed by atoms with van der Waals surface area (Å²) in [6, 6.07) is 6.96. The van der Waals surface area contributed by atoms with Crippen LogP contribution in [0.3, 0.4) is 0 Å². The second-order valence-corrected chi connectivity index (χ2v) is 7.19. The maximum absolute atomic E-state index is 13.9. The summed E-state index contributed by atoms with van der Waals surface area (Å²) in [7, 11) is 0. The van der Waals surface area contributed by atoms with Gasteiger partial charge in [-0.05, 0) is 44.0 Å². The predicted molar refractivity (Wildman–Crippen MR) is 107 cm³/mol. The van der Waals surface area contributed by atoms with Crippen molar-refractivity contribution < 1.29 is 18.3 Å². The fourth-order valence-corrected chi connectivity index (χ4v) is 3.27. The number of hydrogen-bond acceptors (Lipinski definition) is 5. The molecule has 0 bridgehead atoms. The van der Waals surface area contributed by atoms with Gasteiger partial charge >= 0.3 is 0 Å². The number of hydrogen-bond donors (Lipinski definition) is 1. The van der Waals surface area contributed by atoms with Crippen LogP contribution in [0.2, 0.25) is 0 Å². The Kier molecular flexibility index (Phi) is 6.43. The first-order chi connectivity index (χ1) is 14.3. The Morgan fingerprint density at radius 3 is 2.70 bits per heavy atom. The number of nitrogens with two attached hydrogens (primary N) is 1. The van der Waals surface area contributed by atoms with Crippen LogP contribution in [-0.4, -0.2) is 21.2 Å². The van der Waals surface area contributed by atoms with E-state index in [2.05, 4.69) is 4.98 Å². The Hall–Kier alpha value is -3.31. The number of carbonyl (C=O) groups is 1. The Bertz CT molecular complexity index is 1110. The fourth-order valence-electron chi connectivity index (χ4n) is 3.27. The molecule has 1 unspecified atom stereocenters. The third-order valence-corrected chi connectivity index (χ3v) is 4.79.